The zero-order chi connectivity index (χ0) is 16.2. The Morgan fingerprint density at radius 1 is 0.667 bits per heavy atom. The second-order valence-corrected chi connectivity index (χ2v) is 5.83. The van der Waals surface area contributed by atoms with E-state index in [-0.39, 0.29) is 6.10 Å². The van der Waals surface area contributed by atoms with E-state index in [2.05, 4.69) is 72.8 Å². The summed E-state index contributed by atoms with van der Waals surface area (Å²) in [6.07, 6.45) is 6.43. The summed E-state index contributed by atoms with van der Waals surface area (Å²) in [6, 6.07) is 28.9. The van der Waals surface area contributed by atoms with Gasteiger partial charge in [-0.05, 0) is 28.8 Å². The van der Waals surface area contributed by atoms with Crippen LogP contribution in [-0.4, -0.2) is 0 Å². The van der Waals surface area contributed by atoms with E-state index in [9.17, 15) is 0 Å². The summed E-state index contributed by atoms with van der Waals surface area (Å²) in [5.74, 6) is 0.934. The van der Waals surface area contributed by atoms with E-state index in [1.165, 1.54) is 5.56 Å². The molecule has 0 amide bonds. The lowest BCUT2D eigenvalue weighted by atomic mass is 9.95. The summed E-state index contributed by atoms with van der Waals surface area (Å²) < 4.78 is 6.30. The molecule has 1 heterocycles. The van der Waals surface area contributed by atoms with Crippen LogP contribution in [-0.2, 0) is 0 Å². The van der Waals surface area contributed by atoms with E-state index in [1.807, 2.05) is 30.3 Å². The minimum absolute atomic E-state index is 0.0823. The van der Waals surface area contributed by atoms with Crippen molar-refractivity contribution in [1.82, 2.24) is 0 Å². The van der Waals surface area contributed by atoms with E-state index in [1.54, 1.807) is 0 Å². The number of ether oxygens (including phenoxy) is 1. The van der Waals surface area contributed by atoms with Crippen molar-refractivity contribution in [3.05, 3.63) is 113 Å². The Labute approximate surface area is 142 Å². The van der Waals surface area contributed by atoms with Crippen molar-refractivity contribution >= 4 is 12.2 Å². The van der Waals surface area contributed by atoms with E-state index in [0.717, 1.165) is 22.4 Å². The summed E-state index contributed by atoms with van der Waals surface area (Å²) >= 11 is 0. The third-order valence-corrected chi connectivity index (χ3v) is 4.16. The van der Waals surface area contributed by atoms with Crippen LogP contribution in [0.4, 0.5) is 0 Å². The van der Waals surface area contributed by atoms with Gasteiger partial charge in [0.25, 0.3) is 0 Å². The summed E-state index contributed by atoms with van der Waals surface area (Å²) in [6.45, 7) is 0. The van der Waals surface area contributed by atoms with Gasteiger partial charge >= 0.3 is 0 Å². The Hall–Kier alpha value is -3.06. The second-order valence-electron chi connectivity index (χ2n) is 5.83. The van der Waals surface area contributed by atoms with Crippen molar-refractivity contribution in [2.75, 3.05) is 0 Å². The van der Waals surface area contributed by atoms with E-state index < -0.39 is 0 Å². The molecule has 0 saturated heterocycles. The molecule has 1 atom stereocenters. The minimum Gasteiger partial charge on any atom is -0.480 e. The van der Waals surface area contributed by atoms with Crippen molar-refractivity contribution in [2.45, 2.75) is 6.10 Å². The molecule has 0 aliphatic carbocycles. The topological polar surface area (TPSA) is 9.23 Å². The number of hydrogen-bond acceptors (Lipinski definition) is 1. The lowest BCUT2D eigenvalue weighted by Gasteiger charge is -2.26. The Morgan fingerprint density at radius 2 is 1.33 bits per heavy atom. The first-order chi connectivity index (χ1) is 11.9. The molecule has 0 aromatic heterocycles. The lowest BCUT2D eigenvalue weighted by Crippen LogP contribution is -2.13. The molecule has 0 fully saturated rings. The summed E-state index contributed by atoms with van der Waals surface area (Å²) in [4.78, 5) is 0. The van der Waals surface area contributed by atoms with Gasteiger partial charge in [-0.3, -0.25) is 0 Å². The lowest BCUT2D eigenvalue weighted by molar-refractivity contribution is 0.243. The molecule has 0 spiro atoms. The number of hydrogen-bond donors (Lipinski definition) is 0. The third-order valence-electron chi connectivity index (χ3n) is 4.16. The minimum atomic E-state index is -0.0823. The highest BCUT2D eigenvalue weighted by molar-refractivity contribution is 5.68. The number of rotatable bonds is 3. The SMILES string of the molecule is C1=C(/C=C/c2ccccc2)C(c2ccccc2)Oc2ccccc21. The van der Waals surface area contributed by atoms with E-state index in [0.29, 0.717) is 0 Å². The van der Waals surface area contributed by atoms with Gasteiger partial charge in [0.1, 0.15) is 11.9 Å². The number of benzene rings is 3. The molecule has 1 aliphatic heterocycles. The highest BCUT2D eigenvalue weighted by Gasteiger charge is 2.22. The fourth-order valence-corrected chi connectivity index (χ4v) is 2.94. The highest BCUT2D eigenvalue weighted by Crippen LogP contribution is 2.37. The molecule has 24 heavy (non-hydrogen) atoms. The average Bonchev–Trinajstić information content (AvgIpc) is 2.67. The van der Waals surface area contributed by atoms with Gasteiger partial charge in [-0.1, -0.05) is 91.0 Å². The normalized spacial score (nSPS) is 16.3. The first-order valence-corrected chi connectivity index (χ1v) is 8.15. The van der Waals surface area contributed by atoms with Crippen molar-refractivity contribution < 1.29 is 4.74 Å². The van der Waals surface area contributed by atoms with Gasteiger partial charge in [0.05, 0.1) is 0 Å². The molecule has 1 heteroatoms. The Balaban J connectivity index is 1.74. The van der Waals surface area contributed by atoms with Crippen molar-refractivity contribution in [2.24, 2.45) is 0 Å². The van der Waals surface area contributed by atoms with Gasteiger partial charge in [-0.2, -0.15) is 0 Å². The maximum atomic E-state index is 6.30. The predicted molar refractivity (Wildman–Crippen MR) is 99.7 cm³/mol. The highest BCUT2D eigenvalue weighted by atomic mass is 16.5. The second kappa shape index (κ2) is 6.59. The first kappa shape index (κ1) is 14.5. The standard InChI is InChI=1S/C23H18O/c1-3-9-18(10-4-1)15-16-21-17-20-13-7-8-14-22(20)24-23(21)19-11-5-2-6-12-19/h1-17,23H/b16-15+. The van der Waals surface area contributed by atoms with Gasteiger partial charge in [-0.25, -0.2) is 0 Å². The molecule has 3 aromatic rings. The number of fused-ring (bicyclic) bond motifs is 1. The summed E-state index contributed by atoms with van der Waals surface area (Å²) in [7, 11) is 0. The van der Waals surface area contributed by atoms with Crippen molar-refractivity contribution in [3.63, 3.8) is 0 Å². The first-order valence-electron chi connectivity index (χ1n) is 8.15. The number of para-hydroxylation sites is 1. The van der Waals surface area contributed by atoms with Gasteiger partial charge < -0.3 is 4.74 Å². The van der Waals surface area contributed by atoms with Crippen LogP contribution in [0.15, 0.2) is 96.6 Å². The quantitative estimate of drug-likeness (QED) is 0.583. The molecule has 1 nitrogen and oxygen atoms in total. The van der Waals surface area contributed by atoms with E-state index >= 15 is 0 Å². The molecular formula is C23H18O. The van der Waals surface area contributed by atoms with Crippen LogP contribution in [0.25, 0.3) is 12.2 Å². The van der Waals surface area contributed by atoms with Gasteiger partial charge in [0.15, 0.2) is 0 Å². The Kier molecular flexibility index (Phi) is 3.99. The molecule has 116 valence electrons. The van der Waals surface area contributed by atoms with Crippen LogP contribution in [0.3, 0.4) is 0 Å². The summed E-state index contributed by atoms with van der Waals surface area (Å²) in [5.41, 5.74) is 4.63. The Bertz CT molecular complexity index is 876. The fraction of sp³-hybridized carbons (Fsp3) is 0.0435. The van der Waals surface area contributed by atoms with E-state index in [4.69, 9.17) is 4.74 Å². The Morgan fingerprint density at radius 3 is 2.12 bits per heavy atom. The molecule has 4 rings (SSSR count). The largest absolute Gasteiger partial charge is 0.480 e. The predicted octanol–water partition coefficient (Wildman–Crippen LogP) is 5.92. The smallest absolute Gasteiger partial charge is 0.149 e. The molecular weight excluding hydrogens is 292 g/mol. The average molecular weight is 310 g/mol. The zero-order valence-electron chi connectivity index (χ0n) is 13.3. The van der Waals surface area contributed by atoms with Crippen LogP contribution < -0.4 is 4.74 Å². The molecule has 0 radical (unpaired) electrons. The summed E-state index contributed by atoms with van der Waals surface area (Å²) in [5, 5.41) is 0. The molecule has 1 aliphatic rings. The fourth-order valence-electron chi connectivity index (χ4n) is 2.94. The van der Waals surface area contributed by atoms with Crippen molar-refractivity contribution in [3.8, 4) is 5.75 Å². The molecule has 3 aromatic carbocycles. The molecule has 1 unspecified atom stereocenters. The van der Waals surface area contributed by atoms with Gasteiger partial charge in [-0.15, -0.1) is 0 Å². The van der Waals surface area contributed by atoms with Crippen LogP contribution >= 0.6 is 0 Å². The third kappa shape index (κ3) is 3.02. The zero-order valence-corrected chi connectivity index (χ0v) is 13.3. The van der Waals surface area contributed by atoms with Crippen LogP contribution in [0.2, 0.25) is 0 Å². The molecule has 0 saturated carbocycles. The van der Waals surface area contributed by atoms with Crippen LogP contribution in [0, 0.1) is 0 Å². The van der Waals surface area contributed by atoms with Crippen LogP contribution in [0.1, 0.15) is 22.8 Å². The van der Waals surface area contributed by atoms with Gasteiger partial charge in [0.2, 0.25) is 0 Å². The molecule has 0 N–H and O–H groups in total. The monoisotopic (exact) mass is 310 g/mol. The van der Waals surface area contributed by atoms with Crippen molar-refractivity contribution in [1.29, 1.82) is 0 Å². The molecule has 0 bridgehead atoms. The maximum Gasteiger partial charge on any atom is 0.149 e. The van der Waals surface area contributed by atoms with Crippen LogP contribution in [0.5, 0.6) is 5.75 Å². The maximum absolute atomic E-state index is 6.30. The van der Waals surface area contributed by atoms with Gasteiger partial charge in [0, 0.05) is 5.56 Å².